The van der Waals surface area contributed by atoms with Crippen LogP contribution in [-0.2, 0) is 16.0 Å². The molecule has 34 heavy (non-hydrogen) atoms. The maximum Gasteiger partial charge on any atom is 0.269 e. The van der Waals surface area contributed by atoms with Gasteiger partial charge >= 0.3 is 0 Å². The van der Waals surface area contributed by atoms with E-state index in [1.54, 1.807) is 24.3 Å². The number of amides is 2. The molecule has 170 valence electrons. The zero-order chi connectivity index (χ0) is 24.2. The van der Waals surface area contributed by atoms with Gasteiger partial charge in [0.05, 0.1) is 5.25 Å². The Labute approximate surface area is 208 Å². The number of para-hydroxylation sites is 1. The number of carbonyl (C=O) groups excluding carboxylic acids is 2. The molecule has 3 aromatic rings. The number of nitriles is 1. The van der Waals surface area contributed by atoms with E-state index in [2.05, 4.69) is 5.32 Å². The number of nitrogens with one attached hydrogen (secondary N) is 1. The van der Waals surface area contributed by atoms with Gasteiger partial charge in [-0.05, 0) is 61.2 Å². The van der Waals surface area contributed by atoms with Crippen LogP contribution >= 0.6 is 23.4 Å². The van der Waals surface area contributed by atoms with E-state index in [4.69, 9.17) is 11.6 Å². The van der Waals surface area contributed by atoms with Crippen LogP contribution in [0.25, 0.3) is 0 Å². The lowest BCUT2D eigenvalue weighted by Gasteiger charge is -2.19. The summed E-state index contributed by atoms with van der Waals surface area (Å²) in [6.07, 6.45) is 0.382. The van der Waals surface area contributed by atoms with Gasteiger partial charge in [0, 0.05) is 16.4 Å². The summed E-state index contributed by atoms with van der Waals surface area (Å²) in [5, 5.41) is 13.2. The summed E-state index contributed by atoms with van der Waals surface area (Å²) < 4.78 is 0. The van der Waals surface area contributed by atoms with Crippen molar-refractivity contribution in [3.05, 3.63) is 105 Å². The molecule has 0 saturated carbocycles. The molecular formula is C27H22ClN3O2S. The Morgan fingerprint density at radius 1 is 1.06 bits per heavy atom. The Balaban J connectivity index is 1.74. The van der Waals surface area contributed by atoms with Crippen LogP contribution in [0.2, 0.25) is 5.02 Å². The SMILES string of the molecule is Cc1cccc(NC(=O)/C(C#N)=C2/S[C@H](Cc3ccccc3Cl)C(=O)N2c2ccccc2)c1C. The second-order valence-electron chi connectivity index (χ2n) is 7.90. The van der Waals surface area contributed by atoms with Gasteiger partial charge in [-0.1, -0.05) is 71.9 Å². The number of benzene rings is 3. The summed E-state index contributed by atoms with van der Waals surface area (Å²) in [5.74, 6) is -0.746. The lowest BCUT2D eigenvalue weighted by atomic mass is 10.1. The molecule has 0 aliphatic carbocycles. The van der Waals surface area contributed by atoms with E-state index in [0.717, 1.165) is 16.7 Å². The summed E-state index contributed by atoms with van der Waals surface area (Å²) in [6.45, 7) is 3.87. The Kier molecular flexibility index (Phi) is 7.06. The number of anilines is 2. The van der Waals surface area contributed by atoms with E-state index in [1.165, 1.54) is 16.7 Å². The number of hydrogen-bond acceptors (Lipinski definition) is 4. The summed E-state index contributed by atoms with van der Waals surface area (Å²) >= 11 is 7.55. The summed E-state index contributed by atoms with van der Waals surface area (Å²) in [6, 6.07) is 24.1. The molecule has 4 rings (SSSR count). The van der Waals surface area contributed by atoms with Gasteiger partial charge in [0.1, 0.15) is 16.7 Å². The molecule has 2 amide bonds. The molecule has 1 fully saturated rings. The minimum Gasteiger partial charge on any atom is -0.321 e. The molecule has 1 aliphatic heterocycles. The van der Waals surface area contributed by atoms with Crippen molar-refractivity contribution in [1.29, 1.82) is 5.26 Å². The smallest absolute Gasteiger partial charge is 0.269 e. The van der Waals surface area contributed by atoms with Crippen LogP contribution in [0.1, 0.15) is 16.7 Å². The van der Waals surface area contributed by atoms with Crippen LogP contribution < -0.4 is 10.2 Å². The Morgan fingerprint density at radius 3 is 2.47 bits per heavy atom. The van der Waals surface area contributed by atoms with E-state index in [0.29, 0.717) is 27.8 Å². The highest BCUT2D eigenvalue weighted by Crippen LogP contribution is 2.42. The number of thioether (sulfide) groups is 1. The van der Waals surface area contributed by atoms with Gasteiger partial charge < -0.3 is 5.32 Å². The minimum atomic E-state index is -0.550. The number of carbonyl (C=O) groups is 2. The fourth-order valence-corrected chi connectivity index (χ4v) is 5.24. The van der Waals surface area contributed by atoms with Gasteiger partial charge in [-0.15, -0.1) is 0 Å². The molecule has 1 saturated heterocycles. The second-order valence-corrected chi connectivity index (χ2v) is 9.50. The van der Waals surface area contributed by atoms with Crippen LogP contribution in [0.3, 0.4) is 0 Å². The normalized spacial score (nSPS) is 16.8. The molecular weight excluding hydrogens is 466 g/mol. The largest absolute Gasteiger partial charge is 0.321 e. The quantitative estimate of drug-likeness (QED) is 0.352. The standard InChI is InChI=1S/C27H22ClN3O2S/c1-17-9-8-14-23(18(17)2)30-25(32)21(16-29)27-31(20-11-4-3-5-12-20)26(33)24(34-27)15-19-10-6-7-13-22(19)28/h3-14,24H,15H2,1-2H3,(H,30,32)/b27-21+/t24-/m1/s1. The van der Waals surface area contributed by atoms with E-state index < -0.39 is 11.2 Å². The monoisotopic (exact) mass is 487 g/mol. The fraction of sp³-hybridized carbons (Fsp3) is 0.148. The predicted octanol–water partition coefficient (Wildman–Crippen LogP) is 6.02. The first-order chi connectivity index (χ1) is 16.4. The van der Waals surface area contributed by atoms with Crippen LogP contribution in [-0.4, -0.2) is 17.1 Å². The molecule has 0 spiro atoms. The van der Waals surface area contributed by atoms with Crippen molar-refractivity contribution in [2.75, 3.05) is 10.2 Å². The van der Waals surface area contributed by atoms with Gasteiger partial charge in [-0.25, -0.2) is 0 Å². The average Bonchev–Trinajstić information content (AvgIpc) is 3.15. The second kappa shape index (κ2) is 10.2. The van der Waals surface area contributed by atoms with Crippen molar-refractivity contribution in [2.45, 2.75) is 25.5 Å². The highest BCUT2D eigenvalue weighted by atomic mass is 35.5. The lowest BCUT2D eigenvalue weighted by molar-refractivity contribution is -0.117. The molecule has 0 aromatic heterocycles. The number of rotatable bonds is 5. The minimum absolute atomic E-state index is 0.107. The summed E-state index contributed by atoms with van der Waals surface area (Å²) in [7, 11) is 0. The number of nitrogens with zero attached hydrogens (tertiary/aromatic N) is 2. The maximum absolute atomic E-state index is 13.5. The highest BCUT2D eigenvalue weighted by molar-refractivity contribution is 8.05. The molecule has 7 heteroatoms. The maximum atomic E-state index is 13.5. The molecule has 1 aliphatic rings. The first kappa shape index (κ1) is 23.6. The third kappa shape index (κ3) is 4.72. The van der Waals surface area contributed by atoms with E-state index in [-0.39, 0.29) is 11.5 Å². The third-order valence-corrected chi connectivity index (χ3v) is 7.37. The van der Waals surface area contributed by atoms with Crippen molar-refractivity contribution in [3.63, 3.8) is 0 Å². The zero-order valence-electron chi connectivity index (χ0n) is 18.7. The Hall–Kier alpha value is -3.53. The summed E-state index contributed by atoms with van der Waals surface area (Å²) in [5.41, 5.74) is 3.91. The van der Waals surface area contributed by atoms with Gasteiger partial charge in [0.15, 0.2) is 0 Å². The van der Waals surface area contributed by atoms with Crippen LogP contribution in [0.15, 0.2) is 83.4 Å². The average molecular weight is 488 g/mol. The summed E-state index contributed by atoms with van der Waals surface area (Å²) in [4.78, 5) is 28.2. The fourth-order valence-electron chi connectivity index (χ4n) is 3.73. The highest BCUT2D eigenvalue weighted by Gasteiger charge is 2.41. The molecule has 3 aromatic carbocycles. The molecule has 0 bridgehead atoms. The third-order valence-electron chi connectivity index (χ3n) is 5.74. The first-order valence-electron chi connectivity index (χ1n) is 10.7. The number of aryl methyl sites for hydroxylation is 1. The number of hydrogen-bond donors (Lipinski definition) is 1. The molecule has 1 heterocycles. The van der Waals surface area contributed by atoms with E-state index >= 15 is 0 Å². The number of halogens is 1. The predicted molar refractivity (Wildman–Crippen MR) is 138 cm³/mol. The van der Waals surface area contributed by atoms with Crippen molar-refractivity contribution >= 4 is 46.6 Å². The van der Waals surface area contributed by atoms with Crippen LogP contribution in [0.4, 0.5) is 11.4 Å². The van der Waals surface area contributed by atoms with Crippen molar-refractivity contribution in [1.82, 2.24) is 0 Å². The molecule has 1 N–H and O–H groups in total. The van der Waals surface area contributed by atoms with Gasteiger partial charge in [-0.3, -0.25) is 14.5 Å². The topological polar surface area (TPSA) is 73.2 Å². The molecule has 0 unspecified atom stereocenters. The van der Waals surface area contributed by atoms with Crippen LogP contribution in [0.5, 0.6) is 0 Å². The van der Waals surface area contributed by atoms with E-state index in [9.17, 15) is 14.9 Å². The molecule has 5 nitrogen and oxygen atoms in total. The van der Waals surface area contributed by atoms with Gasteiger partial charge in [0.25, 0.3) is 5.91 Å². The van der Waals surface area contributed by atoms with Crippen molar-refractivity contribution in [2.24, 2.45) is 0 Å². The molecule has 1 atom stereocenters. The van der Waals surface area contributed by atoms with Gasteiger partial charge in [-0.2, -0.15) is 5.26 Å². The van der Waals surface area contributed by atoms with Gasteiger partial charge in [0.2, 0.25) is 5.91 Å². The van der Waals surface area contributed by atoms with Crippen molar-refractivity contribution < 1.29 is 9.59 Å². The van der Waals surface area contributed by atoms with Crippen LogP contribution in [0, 0.1) is 25.2 Å². The van der Waals surface area contributed by atoms with E-state index in [1.807, 2.05) is 68.4 Å². The Bertz CT molecular complexity index is 1330. The first-order valence-corrected chi connectivity index (χ1v) is 12.0. The zero-order valence-corrected chi connectivity index (χ0v) is 20.3. The lowest BCUT2D eigenvalue weighted by Crippen LogP contribution is -2.31. The molecule has 0 radical (unpaired) electrons. The van der Waals surface area contributed by atoms with Crippen molar-refractivity contribution in [3.8, 4) is 6.07 Å². The Morgan fingerprint density at radius 2 is 1.76 bits per heavy atom.